The first-order valence-corrected chi connectivity index (χ1v) is 7.77. The van der Waals surface area contributed by atoms with E-state index < -0.39 is 6.03 Å². The summed E-state index contributed by atoms with van der Waals surface area (Å²) in [5.41, 5.74) is 8.04. The van der Waals surface area contributed by atoms with E-state index in [0.717, 1.165) is 17.5 Å². The number of nitrogens with one attached hydrogen (secondary N) is 1. The Balaban J connectivity index is 2.49. The number of primary amides is 1. The zero-order valence-corrected chi connectivity index (χ0v) is 14.1. The third kappa shape index (κ3) is 3.48. The Kier molecular flexibility index (Phi) is 5.42. The first-order chi connectivity index (χ1) is 11.5. The number of imidazole rings is 1. The van der Waals surface area contributed by atoms with E-state index in [1.165, 1.54) is 0 Å². The van der Waals surface area contributed by atoms with Crippen LogP contribution in [-0.4, -0.2) is 15.2 Å². The molecule has 0 unspecified atom stereocenters. The van der Waals surface area contributed by atoms with Crippen molar-refractivity contribution in [2.75, 3.05) is 0 Å². The minimum absolute atomic E-state index is 0.127. The van der Waals surface area contributed by atoms with Crippen molar-refractivity contribution in [2.45, 2.75) is 20.3 Å². The van der Waals surface area contributed by atoms with Crippen LogP contribution in [0.1, 0.15) is 20.3 Å². The highest BCUT2D eigenvalue weighted by Gasteiger charge is 2.11. The number of para-hydroxylation sites is 2. The molecule has 0 spiro atoms. The van der Waals surface area contributed by atoms with Crippen LogP contribution in [0.3, 0.4) is 0 Å². The lowest BCUT2D eigenvalue weighted by molar-refractivity contribution is 0.251. The van der Waals surface area contributed by atoms with Gasteiger partial charge >= 0.3 is 11.7 Å². The predicted octanol–water partition coefficient (Wildman–Crippen LogP) is 2.72. The number of carbonyl (C=O) groups excluding carboxylic acids is 1. The summed E-state index contributed by atoms with van der Waals surface area (Å²) in [6, 6.07) is 6.98. The van der Waals surface area contributed by atoms with Gasteiger partial charge in [-0.1, -0.05) is 31.2 Å². The maximum absolute atomic E-state index is 12.6. The zero-order valence-electron chi connectivity index (χ0n) is 14.1. The van der Waals surface area contributed by atoms with Gasteiger partial charge in [-0.15, -0.1) is 0 Å². The van der Waals surface area contributed by atoms with Gasteiger partial charge in [-0.3, -0.25) is 9.13 Å². The van der Waals surface area contributed by atoms with Crippen molar-refractivity contribution in [1.82, 2.24) is 14.5 Å². The standard InChI is InChI=1S/C18H22N4O2/c1-4-8-13(20-17(19)23)11-12-14(5-2)22-16-10-7-6-9-15(16)21(3)18(22)24/h5-12H,4H2,1-3H3,(H3,19,20,23)/b12-11-,13-8+,14-5+. The first kappa shape index (κ1) is 17.3. The highest BCUT2D eigenvalue weighted by molar-refractivity contribution is 5.81. The number of hydrogen-bond acceptors (Lipinski definition) is 2. The molecular weight excluding hydrogens is 304 g/mol. The van der Waals surface area contributed by atoms with Crippen LogP contribution in [0.25, 0.3) is 16.7 Å². The summed E-state index contributed by atoms with van der Waals surface area (Å²) in [5.74, 6) is 0. The molecular formula is C18H22N4O2. The Bertz CT molecular complexity index is 897. The average molecular weight is 326 g/mol. The Labute approximate surface area is 140 Å². The number of nitrogens with two attached hydrogens (primary N) is 1. The van der Waals surface area contributed by atoms with Crippen molar-refractivity contribution in [3.63, 3.8) is 0 Å². The summed E-state index contributed by atoms with van der Waals surface area (Å²) in [6.45, 7) is 3.82. The molecule has 126 valence electrons. The van der Waals surface area contributed by atoms with Gasteiger partial charge < -0.3 is 11.1 Å². The molecule has 0 atom stereocenters. The van der Waals surface area contributed by atoms with Crippen LogP contribution in [-0.2, 0) is 7.05 Å². The van der Waals surface area contributed by atoms with Gasteiger partial charge in [-0.05, 0) is 37.6 Å². The molecule has 0 saturated carbocycles. The topological polar surface area (TPSA) is 82.1 Å². The Morgan fingerprint density at radius 3 is 2.50 bits per heavy atom. The largest absolute Gasteiger partial charge is 0.351 e. The minimum atomic E-state index is -0.622. The molecule has 6 nitrogen and oxygen atoms in total. The van der Waals surface area contributed by atoms with Crippen molar-refractivity contribution in [2.24, 2.45) is 12.8 Å². The van der Waals surface area contributed by atoms with Crippen LogP contribution >= 0.6 is 0 Å². The quantitative estimate of drug-likeness (QED) is 0.828. The van der Waals surface area contributed by atoms with Crippen LogP contribution in [0.15, 0.2) is 59.1 Å². The summed E-state index contributed by atoms with van der Waals surface area (Å²) >= 11 is 0. The maximum atomic E-state index is 12.6. The fourth-order valence-corrected chi connectivity index (χ4v) is 2.54. The third-order valence-corrected chi connectivity index (χ3v) is 3.64. The number of rotatable bonds is 5. The Morgan fingerprint density at radius 2 is 1.92 bits per heavy atom. The van der Waals surface area contributed by atoms with Crippen LogP contribution in [0.5, 0.6) is 0 Å². The second kappa shape index (κ2) is 7.50. The summed E-state index contributed by atoms with van der Waals surface area (Å²) in [7, 11) is 1.75. The molecule has 0 aliphatic heterocycles. The molecule has 6 heteroatoms. The summed E-state index contributed by atoms with van der Waals surface area (Å²) in [5, 5.41) is 2.56. The normalized spacial score (nSPS) is 13.0. The molecule has 24 heavy (non-hydrogen) atoms. The van der Waals surface area contributed by atoms with E-state index in [4.69, 9.17) is 5.73 Å². The second-order valence-corrected chi connectivity index (χ2v) is 5.27. The SMILES string of the molecule is C\C=C(/C=C\C(=C/CC)NC(N)=O)n1c(=O)n(C)c2ccccc21. The van der Waals surface area contributed by atoms with Crippen LogP contribution in [0.2, 0.25) is 0 Å². The lowest BCUT2D eigenvalue weighted by atomic mass is 10.2. The van der Waals surface area contributed by atoms with Crippen LogP contribution in [0, 0.1) is 0 Å². The minimum Gasteiger partial charge on any atom is -0.351 e. The number of benzene rings is 1. The molecule has 0 aliphatic carbocycles. The molecule has 2 aromatic rings. The number of aromatic nitrogens is 2. The van der Waals surface area contributed by atoms with Gasteiger partial charge in [0.05, 0.1) is 11.0 Å². The molecule has 0 fully saturated rings. The number of fused-ring (bicyclic) bond motifs is 1. The van der Waals surface area contributed by atoms with Gasteiger partial charge in [-0.25, -0.2) is 9.59 Å². The van der Waals surface area contributed by atoms with Gasteiger partial charge in [0.25, 0.3) is 0 Å². The number of amides is 2. The van der Waals surface area contributed by atoms with Crippen molar-refractivity contribution in [3.8, 4) is 0 Å². The molecule has 1 heterocycles. The summed E-state index contributed by atoms with van der Waals surface area (Å²) in [6.07, 6.45) is 7.96. The van der Waals surface area contributed by atoms with Crippen molar-refractivity contribution >= 4 is 22.8 Å². The van der Waals surface area contributed by atoms with E-state index in [1.807, 2.05) is 50.3 Å². The monoisotopic (exact) mass is 326 g/mol. The number of urea groups is 1. The van der Waals surface area contributed by atoms with E-state index in [0.29, 0.717) is 11.4 Å². The van der Waals surface area contributed by atoms with Gasteiger partial charge in [-0.2, -0.15) is 0 Å². The first-order valence-electron chi connectivity index (χ1n) is 7.77. The molecule has 3 N–H and O–H groups in total. The van der Waals surface area contributed by atoms with E-state index in [9.17, 15) is 9.59 Å². The van der Waals surface area contributed by atoms with Gasteiger partial charge in [0.15, 0.2) is 0 Å². The van der Waals surface area contributed by atoms with E-state index in [-0.39, 0.29) is 5.69 Å². The highest BCUT2D eigenvalue weighted by Crippen LogP contribution is 2.17. The predicted molar refractivity (Wildman–Crippen MR) is 97.4 cm³/mol. The lowest BCUT2D eigenvalue weighted by Gasteiger charge is -2.06. The van der Waals surface area contributed by atoms with Gasteiger partial charge in [0, 0.05) is 18.4 Å². The molecule has 0 saturated heterocycles. The average Bonchev–Trinajstić information content (AvgIpc) is 2.80. The van der Waals surface area contributed by atoms with E-state index in [2.05, 4.69) is 5.32 Å². The zero-order chi connectivity index (χ0) is 17.7. The molecule has 2 rings (SSSR count). The highest BCUT2D eigenvalue weighted by atomic mass is 16.2. The molecule has 2 amide bonds. The second-order valence-electron chi connectivity index (χ2n) is 5.27. The summed E-state index contributed by atoms with van der Waals surface area (Å²) < 4.78 is 3.25. The number of hydrogen-bond donors (Lipinski definition) is 2. The van der Waals surface area contributed by atoms with Crippen molar-refractivity contribution in [3.05, 3.63) is 64.8 Å². The fourth-order valence-electron chi connectivity index (χ4n) is 2.54. The molecule has 0 aliphatic rings. The number of carbonyl (C=O) groups is 1. The van der Waals surface area contributed by atoms with Crippen LogP contribution < -0.4 is 16.7 Å². The Morgan fingerprint density at radius 1 is 1.25 bits per heavy atom. The van der Waals surface area contributed by atoms with Crippen molar-refractivity contribution < 1.29 is 4.79 Å². The lowest BCUT2D eigenvalue weighted by Crippen LogP contribution is -2.28. The van der Waals surface area contributed by atoms with Crippen LogP contribution in [0.4, 0.5) is 4.79 Å². The van der Waals surface area contributed by atoms with E-state index >= 15 is 0 Å². The number of nitrogens with zero attached hydrogens (tertiary/aromatic N) is 2. The fraction of sp³-hybridized carbons (Fsp3) is 0.222. The molecule has 1 aromatic heterocycles. The smallest absolute Gasteiger partial charge is 0.333 e. The van der Waals surface area contributed by atoms with Gasteiger partial charge in [0.2, 0.25) is 0 Å². The Hall–Kier alpha value is -3.02. The molecule has 0 bridgehead atoms. The number of aryl methyl sites for hydroxylation is 1. The third-order valence-electron chi connectivity index (χ3n) is 3.64. The number of allylic oxidation sites excluding steroid dienone is 5. The van der Waals surface area contributed by atoms with E-state index in [1.54, 1.807) is 28.3 Å². The summed E-state index contributed by atoms with van der Waals surface area (Å²) in [4.78, 5) is 23.6. The maximum Gasteiger partial charge on any atom is 0.333 e. The molecule has 1 aromatic carbocycles. The molecule has 0 radical (unpaired) electrons. The van der Waals surface area contributed by atoms with Gasteiger partial charge in [0.1, 0.15) is 0 Å². The van der Waals surface area contributed by atoms with Crippen molar-refractivity contribution in [1.29, 1.82) is 0 Å².